The molecule has 0 aromatic heterocycles. The second-order valence-electron chi connectivity index (χ2n) is 1.56. The number of alkyl halides is 2. The van der Waals surface area contributed by atoms with E-state index in [1.54, 1.807) is 0 Å². The number of ether oxygens (including phenoxy) is 2. The van der Waals surface area contributed by atoms with Gasteiger partial charge in [0, 0.05) is 0 Å². The van der Waals surface area contributed by atoms with Gasteiger partial charge in [-0.05, 0) is 31.9 Å². The van der Waals surface area contributed by atoms with E-state index in [2.05, 4.69) is 41.3 Å². The van der Waals surface area contributed by atoms with Gasteiger partial charge < -0.3 is 19.7 Å². The maximum Gasteiger partial charge on any atom is 0.508 e. The van der Waals surface area contributed by atoms with Crippen LogP contribution in [0.25, 0.3) is 0 Å². The fourth-order valence-electron chi connectivity index (χ4n) is 0.303. The van der Waals surface area contributed by atoms with Gasteiger partial charge >= 0.3 is 12.3 Å². The minimum atomic E-state index is -1.56. The van der Waals surface area contributed by atoms with Crippen molar-refractivity contribution in [1.29, 1.82) is 0 Å². The Bertz CT molecular complexity index is 190. The average molecular weight is 308 g/mol. The van der Waals surface area contributed by atoms with Crippen LogP contribution in [-0.4, -0.2) is 32.6 Å². The number of hydrogen-bond donors (Lipinski definition) is 2. The van der Waals surface area contributed by atoms with E-state index in [0.717, 1.165) is 0 Å². The normalized spacial score (nSPS) is 10.5. The van der Waals surface area contributed by atoms with Crippen LogP contribution in [-0.2, 0) is 9.47 Å². The molecule has 0 aliphatic rings. The molecule has 0 saturated carbocycles. The molecule has 0 aliphatic carbocycles. The quantitative estimate of drug-likeness (QED) is 0.610. The summed E-state index contributed by atoms with van der Waals surface area (Å²) in [6.45, 7) is -0.491. The molecule has 12 heavy (non-hydrogen) atoms. The van der Waals surface area contributed by atoms with Crippen molar-refractivity contribution in [3.8, 4) is 0 Å². The van der Waals surface area contributed by atoms with Crippen molar-refractivity contribution in [1.82, 2.24) is 0 Å². The molecule has 0 aliphatic heterocycles. The molecule has 0 amide bonds. The zero-order chi connectivity index (χ0) is 9.78. The van der Waals surface area contributed by atoms with E-state index in [9.17, 15) is 9.59 Å². The Morgan fingerprint density at radius 1 is 1.25 bits per heavy atom. The van der Waals surface area contributed by atoms with Crippen LogP contribution in [0.1, 0.15) is 0 Å². The van der Waals surface area contributed by atoms with E-state index in [1.807, 2.05) is 0 Å². The van der Waals surface area contributed by atoms with Crippen molar-refractivity contribution in [2.75, 3.05) is 6.61 Å². The summed E-state index contributed by atoms with van der Waals surface area (Å²) in [5.41, 5.74) is 0. The first-order chi connectivity index (χ1) is 5.33. The lowest BCUT2D eigenvalue weighted by Crippen LogP contribution is -2.27. The minimum absolute atomic E-state index is 0.491. The molecule has 0 fully saturated rings. The summed E-state index contributed by atoms with van der Waals surface area (Å²) < 4.78 is 6.67. The zero-order valence-corrected chi connectivity index (χ0v) is 8.66. The van der Waals surface area contributed by atoms with Crippen LogP contribution in [0.15, 0.2) is 0 Å². The van der Waals surface area contributed by atoms with Crippen molar-refractivity contribution in [2.45, 2.75) is 3.42 Å². The summed E-state index contributed by atoms with van der Waals surface area (Å²) in [6.07, 6.45) is -3.08. The third-order valence-corrected chi connectivity index (χ3v) is 1.38. The molecule has 6 nitrogen and oxygen atoms in total. The van der Waals surface area contributed by atoms with Gasteiger partial charge in [-0.3, -0.25) is 0 Å². The second kappa shape index (κ2) is 4.51. The topological polar surface area (TPSA) is 93.1 Å². The molecule has 70 valence electrons. The highest BCUT2D eigenvalue weighted by molar-refractivity contribution is 9.25. The second-order valence-corrected chi connectivity index (χ2v) is 5.19. The van der Waals surface area contributed by atoms with Gasteiger partial charge in [-0.25, -0.2) is 9.59 Å². The van der Waals surface area contributed by atoms with Gasteiger partial charge in [0.1, 0.15) is 0 Å². The third-order valence-electron chi connectivity index (χ3n) is 0.600. The van der Waals surface area contributed by atoms with Crippen LogP contribution >= 0.6 is 31.9 Å². The number of hydrogen-bond acceptors (Lipinski definition) is 4. The Hall–Kier alpha value is -0.500. The lowest BCUT2D eigenvalue weighted by atomic mass is 10.8. The number of rotatable bonds is 3. The van der Waals surface area contributed by atoms with Gasteiger partial charge in [0.2, 0.25) is 0 Å². The molecule has 8 heteroatoms. The molecule has 0 aromatic rings. The van der Waals surface area contributed by atoms with Crippen molar-refractivity contribution in [2.24, 2.45) is 0 Å². The monoisotopic (exact) mass is 306 g/mol. The molecule has 0 aromatic carbocycles. The van der Waals surface area contributed by atoms with E-state index in [0.29, 0.717) is 0 Å². The van der Waals surface area contributed by atoms with Gasteiger partial charge in [-0.15, -0.1) is 0 Å². The molecule has 0 saturated heterocycles. The van der Waals surface area contributed by atoms with E-state index in [1.165, 1.54) is 0 Å². The minimum Gasteiger partial charge on any atom is -0.450 e. The molecule has 0 rings (SSSR count). The Morgan fingerprint density at radius 2 is 1.75 bits per heavy atom. The molecule has 0 unspecified atom stereocenters. The largest absolute Gasteiger partial charge is 0.508 e. The molecule has 0 atom stereocenters. The number of carboxylic acid groups (broad SMARTS) is 2. The predicted octanol–water partition coefficient (Wildman–Crippen LogP) is 1.82. The highest BCUT2D eigenvalue weighted by atomic mass is 79.9. The van der Waals surface area contributed by atoms with Gasteiger partial charge in [-0.2, -0.15) is 0 Å². The summed E-state index contributed by atoms with van der Waals surface area (Å²) in [6, 6.07) is 0. The highest BCUT2D eigenvalue weighted by Gasteiger charge is 2.29. The van der Waals surface area contributed by atoms with Gasteiger partial charge in [0.25, 0.3) is 3.42 Å². The maximum atomic E-state index is 9.97. The van der Waals surface area contributed by atoms with Gasteiger partial charge in [0.05, 0.1) is 0 Å². The highest BCUT2D eigenvalue weighted by Crippen LogP contribution is 2.28. The van der Waals surface area contributed by atoms with Crippen LogP contribution in [0, 0.1) is 0 Å². The lowest BCUT2D eigenvalue weighted by molar-refractivity contribution is 0.0292. The van der Waals surface area contributed by atoms with Crippen molar-refractivity contribution < 1.29 is 29.3 Å². The number of carbonyl (C=O) groups is 2. The van der Waals surface area contributed by atoms with Gasteiger partial charge in [-0.1, -0.05) is 0 Å². The maximum absolute atomic E-state index is 9.97. The molecule has 0 bridgehead atoms. The SMILES string of the molecule is O=C(O)OCC(Br)(Br)OC(=O)O. The van der Waals surface area contributed by atoms with Crippen LogP contribution in [0.4, 0.5) is 9.59 Å². The average Bonchev–Trinajstić information content (AvgIpc) is 1.81. The first kappa shape index (κ1) is 11.5. The summed E-state index contributed by atoms with van der Waals surface area (Å²) in [5.74, 6) is 0. The van der Waals surface area contributed by atoms with Crippen molar-refractivity contribution in [3.05, 3.63) is 0 Å². The summed E-state index contributed by atoms with van der Waals surface area (Å²) in [7, 11) is 0. The van der Waals surface area contributed by atoms with E-state index in [-0.39, 0.29) is 0 Å². The smallest absolute Gasteiger partial charge is 0.450 e. The summed E-state index contributed by atoms with van der Waals surface area (Å²) in [5, 5.41) is 16.2. The Kier molecular flexibility index (Phi) is 4.32. The summed E-state index contributed by atoms with van der Waals surface area (Å²) >= 11 is 5.47. The van der Waals surface area contributed by atoms with E-state index >= 15 is 0 Å². The predicted molar refractivity (Wildman–Crippen MR) is 43.7 cm³/mol. The fraction of sp³-hybridized carbons (Fsp3) is 0.500. The Morgan fingerprint density at radius 3 is 2.08 bits per heavy atom. The standard InChI is InChI=1S/C4H4Br2O6/c5-4(6,12-3(9)10)1-11-2(7)8/h1H2,(H,7,8)(H,9,10). The molecule has 0 radical (unpaired) electrons. The van der Waals surface area contributed by atoms with Crippen LogP contribution in [0.2, 0.25) is 0 Å². The molecular formula is C4H4Br2O6. The number of halogens is 2. The first-order valence-corrected chi connectivity index (χ1v) is 4.07. The Balaban J connectivity index is 3.86. The van der Waals surface area contributed by atoms with E-state index < -0.39 is 22.3 Å². The first-order valence-electron chi connectivity index (χ1n) is 2.49. The van der Waals surface area contributed by atoms with Crippen LogP contribution < -0.4 is 0 Å². The Labute approximate surface area is 83.7 Å². The molecule has 0 heterocycles. The van der Waals surface area contributed by atoms with Crippen molar-refractivity contribution in [3.63, 3.8) is 0 Å². The molecule has 0 spiro atoms. The van der Waals surface area contributed by atoms with Crippen LogP contribution in [0.5, 0.6) is 0 Å². The summed E-state index contributed by atoms with van der Waals surface area (Å²) in [4.78, 5) is 19.8. The third kappa shape index (κ3) is 6.23. The van der Waals surface area contributed by atoms with Crippen molar-refractivity contribution >= 4 is 44.2 Å². The van der Waals surface area contributed by atoms with Gasteiger partial charge in [0.15, 0.2) is 6.61 Å². The molecular weight excluding hydrogens is 304 g/mol. The zero-order valence-electron chi connectivity index (χ0n) is 5.49. The molecule has 2 N–H and O–H groups in total. The lowest BCUT2D eigenvalue weighted by Gasteiger charge is -2.17. The van der Waals surface area contributed by atoms with E-state index in [4.69, 9.17) is 10.2 Å². The van der Waals surface area contributed by atoms with Crippen LogP contribution in [0.3, 0.4) is 0 Å². The fourth-order valence-corrected chi connectivity index (χ4v) is 0.809.